The van der Waals surface area contributed by atoms with Gasteiger partial charge in [0, 0.05) is 9.96 Å². The number of hydrogen-bond acceptors (Lipinski definition) is 0. The molecule has 1 aliphatic carbocycles. The fraction of sp³-hybridized carbons (Fsp3) is 0.333. The zero-order valence-corrected chi connectivity index (χ0v) is 6.90. The van der Waals surface area contributed by atoms with E-state index in [9.17, 15) is 0 Å². The third-order valence-corrected chi connectivity index (χ3v) is 2.07. The number of halogens is 1. The van der Waals surface area contributed by atoms with Crippen LogP contribution in [0.2, 0.25) is 0 Å². The van der Waals surface area contributed by atoms with Crippen LogP contribution < -0.4 is 0 Å². The van der Waals surface area contributed by atoms with Gasteiger partial charge in [0.2, 0.25) is 0 Å². The lowest BCUT2D eigenvalue weighted by atomic mass is 10.1. The largest absolute Gasteiger partial charge is 0.0576 e. The van der Waals surface area contributed by atoms with Crippen molar-refractivity contribution in [2.75, 3.05) is 0 Å². The summed E-state index contributed by atoms with van der Waals surface area (Å²) in [5.41, 5.74) is 1.24. The molecule has 52 valence electrons. The molecule has 1 aromatic rings. The van der Waals surface area contributed by atoms with E-state index in [-0.39, 0.29) is 6.42 Å². The summed E-state index contributed by atoms with van der Waals surface area (Å²) in [6.07, 6.45) is -3.52. The average Bonchev–Trinajstić information content (AvgIpc) is 2.22. The standard InChI is InChI=1S/C9H9Br/c10-9-5-4-7-2-1-3-8(7)6-9/h4-6H,1-3H2/i1D2,3D2. The van der Waals surface area contributed by atoms with Gasteiger partial charge in [-0.15, -0.1) is 0 Å². The Kier molecular flexibility index (Phi) is 0.811. The topological polar surface area (TPSA) is 0 Å². The smallest absolute Gasteiger partial charge is 0.0316 e. The minimum atomic E-state index is -1.88. The first-order valence-electron chi connectivity index (χ1n) is 5.13. The highest BCUT2D eigenvalue weighted by molar-refractivity contribution is 9.10. The molecule has 1 aromatic carbocycles. The van der Waals surface area contributed by atoms with Crippen LogP contribution in [0.1, 0.15) is 23.0 Å². The van der Waals surface area contributed by atoms with Crippen molar-refractivity contribution in [2.24, 2.45) is 0 Å². The molecule has 0 spiro atoms. The summed E-state index contributed by atoms with van der Waals surface area (Å²) in [4.78, 5) is 0. The van der Waals surface area contributed by atoms with Crippen LogP contribution in [0.5, 0.6) is 0 Å². The van der Waals surface area contributed by atoms with E-state index in [0.29, 0.717) is 5.56 Å². The Labute approximate surface area is 75.0 Å². The van der Waals surface area contributed by atoms with Gasteiger partial charge in [0.15, 0.2) is 0 Å². The molecule has 1 heteroatoms. The molecule has 0 bridgehead atoms. The monoisotopic (exact) mass is 200 g/mol. The van der Waals surface area contributed by atoms with Gasteiger partial charge >= 0.3 is 0 Å². The zero-order chi connectivity index (χ0) is 10.6. The highest BCUT2D eigenvalue weighted by atomic mass is 79.9. The van der Waals surface area contributed by atoms with Crippen LogP contribution in [-0.2, 0) is 12.8 Å². The Balaban J connectivity index is 2.62. The van der Waals surface area contributed by atoms with E-state index >= 15 is 0 Å². The summed E-state index contributed by atoms with van der Waals surface area (Å²) >= 11 is 3.26. The van der Waals surface area contributed by atoms with Crippen molar-refractivity contribution in [1.82, 2.24) is 0 Å². The summed E-state index contributed by atoms with van der Waals surface area (Å²) in [6.45, 7) is 0. The van der Waals surface area contributed by atoms with E-state index < -0.39 is 12.7 Å². The SMILES string of the molecule is [2H]C1([2H])Cc2ccc(Br)cc2C1([2H])[2H]. The van der Waals surface area contributed by atoms with Gasteiger partial charge in [0.1, 0.15) is 0 Å². The minimum Gasteiger partial charge on any atom is -0.0576 e. The van der Waals surface area contributed by atoms with E-state index in [1.54, 1.807) is 12.1 Å². The molecule has 2 rings (SSSR count). The van der Waals surface area contributed by atoms with Gasteiger partial charge in [-0.3, -0.25) is 0 Å². The maximum Gasteiger partial charge on any atom is 0.0316 e. The molecule has 0 fully saturated rings. The van der Waals surface area contributed by atoms with Gasteiger partial charge in [-0.05, 0) is 42.4 Å². The molecule has 0 aromatic heterocycles. The van der Waals surface area contributed by atoms with Crippen molar-refractivity contribution in [3.8, 4) is 0 Å². The third kappa shape index (κ3) is 0.988. The Morgan fingerprint density at radius 3 is 3.20 bits per heavy atom. The van der Waals surface area contributed by atoms with Crippen molar-refractivity contribution in [3.63, 3.8) is 0 Å². The first kappa shape index (κ1) is 3.40. The maximum atomic E-state index is 7.74. The van der Waals surface area contributed by atoms with E-state index in [4.69, 9.17) is 5.48 Å². The Morgan fingerprint density at radius 2 is 2.30 bits per heavy atom. The highest BCUT2D eigenvalue weighted by Gasteiger charge is 2.09. The fourth-order valence-electron chi connectivity index (χ4n) is 1.05. The van der Waals surface area contributed by atoms with Crippen LogP contribution in [0.15, 0.2) is 22.7 Å². The van der Waals surface area contributed by atoms with Crippen molar-refractivity contribution < 1.29 is 5.48 Å². The van der Waals surface area contributed by atoms with Crippen molar-refractivity contribution in [3.05, 3.63) is 33.8 Å². The van der Waals surface area contributed by atoms with Gasteiger partial charge in [0.25, 0.3) is 0 Å². The first-order valence-corrected chi connectivity index (χ1v) is 3.93. The van der Waals surface area contributed by atoms with E-state index in [1.165, 1.54) is 0 Å². The minimum absolute atomic E-state index is 0.155. The molecule has 0 radical (unpaired) electrons. The quantitative estimate of drug-likeness (QED) is 0.605. The van der Waals surface area contributed by atoms with E-state index in [2.05, 4.69) is 15.9 Å². The van der Waals surface area contributed by atoms with Gasteiger partial charge in [-0.1, -0.05) is 22.0 Å². The molecule has 0 nitrogen and oxygen atoms in total. The van der Waals surface area contributed by atoms with Crippen LogP contribution in [-0.4, -0.2) is 0 Å². The number of fused-ring (bicyclic) bond motifs is 1. The predicted molar refractivity (Wildman–Crippen MR) is 46.2 cm³/mol. The first-order chi connectivity index (χ1) is 6.34. The second kappa shape index (κ2) is 2.39. The van der Waals surface area contributed by atoms with Gasteiger partial charge < -0.3 is 0 Å². The molecule has 10 heavy (non-hydrogen) atoms. The Morgan fingerprint density at radius 1 is 1.40 bits per heavy atom. The Bertz CT molecular complexity index is 386. The highest BCUT2D eigenvalue weighted by Crippen LogP contribution is 2.24. The molecule has 0 amide bonds. The van der Waals surface area contributed by atoms with Crippen LogP contribution in [0.3, 0.4) is 0 Å². The maximum absolute atomic E-state index is 7.74. The van der Waals surface area contributed by atoms with Gasteiger partial charge in [-0.2, -0.15) is 0 Å². The molecule has 0 aliphatic heterocycles. The predicted octanol–water partition coefficient (Wildman–Crippen LogP) is 2.94. The average molecular weight is 201 g/mol. The molecule has 0 atom stereocenters. The summed E-state index contributed by atoms with van der Waals surface area (Å²) in [7, 11) is 0. The van der Waals surface area contributed by atoms with Gasteiger partial charge in [0.05, 0.1) is 0 Å². The van der Waals surface area contributed by atoms with Crippen LogP contribution in [0.4, 0.5) is 0 Å². The summed E-state index contributed by atoms with van der Waals surface area (Å²) in [5, 5.41) is 0. The molecular formula is C9H9Br. The number of rotatable bonds is 0. The Hall–Kier alpha value is -0.300. The number of hydrogen-bond donors (Lipinski definition) is 0. The number of aryl methyl sites for hydroxylation is 2. The van der Waals surface area contributed by atoms with Crippen molar-refractivity contribution in [2.45, 2.75) is 19.2 Å². The van der Waals surface area contributed by atoms with E-state index in [1.807, 2.05) is 6.07 Å². The van der Waals surface area contributed by atoms with Crippen molar-refractivity contribution in [1.29, 1.82) is 0 Å². The van der Waals surface area contributed by atoms with E-state index in [0.717, 1.165) is 10.0 Å². The molecule has 0 unspecified atom stereocenters. The molecule has 0 N–H and O–H groups in total. The summed E-state index contributed by atoms with van der Waals surface area (Å²) in [6, 6.07) is 5.26. The lowest BCUT2D eigenvalue weighted by molar-refractivity contribution is 0.911. The zero-order valence-electron chi connectivity index (χ0n) is 9.32. The summed E-state index contributed by atoms with van der Waals surface area (Å²) < 4.78 is 31.5. The fourth-order valence-corrected chi connectivity index (χ4v) is 1.41. The lowest BCUT2D eigenvalue weighted by Crippen LogP contribution is -1.79. The molecule has 0 saturated heterocycles. The second-order valence-electron chi connectivity index (χ2n) is 2.28. The number of benzene rings is 1. The van der Waals surface area contributed by atoms with Crippen molar-refractivity contribution >= 4 is 15.9 Å². The van der Waals surface area contributed by atoms with Crippen LogP contribution in [0, 0.1) is 0 Å². The van der Waals surface area contributed by atoms with Gasteiger partial charge in [-0.25, -0.2) is 0 Å². The lowest BCUT2D eigenvalue weighted by Gasteiger charge is -1.97. The molecule has 1 aliphatic rings. The second-order valence-corrected chi connectivity index (χ2v) is 3.20. The van der Waals surface area contributed by atoms with Crippen LogP contribution in [0.25, 0.3) is 0 Å². The third-order valence-electron chi connectivity index (χ3n) is 1.57. The normalized spacial score (nSPS) is 31.3. The molecule has 0 heterocycles. The molecular weight excluding hydrogens is 188 g/mol. The molecule has 0 saturated carbocycles. The summed E-state index contributed by atoms with van der Waals surface area (Å²) in [5.74, 6) is 0. The van der Waals surface area contributed by atoms with Crippen LogP contribution >= 0.6 is 15.9 Å².